The Morgan fingerprint density at radius 2 is 2.33 bits per heavy atom. The van der Waals surface area contributed by atoms with Crippen molar-refractivity contribution >= 4 is 5.97 Å². The predicted molar refractivity (Wildman–Crippen MR) is 41.9 cm³/mol. The van der Waals surface area contributed by atoms with Gasteiger partial charge in [-0.1, -0.05) is 0 Å². The topological polar surface area (TPSA) is 58.6 Å². The number of carbonyl (C=O) groups is 1. The van der Waals surface area contributed by atoms with Crippen LogP contribution in [0.1, 0.15) is 12.8 Å². The molecule has 2 heterocycles. The molecule has 2 N–H and O–H groups in total. The van der Waals surface area contributed by atoms with Gasteiger partial charge >= 0.3 is 5.97 Å². The van der Waals surface area contributed by atoms with Gasteiger partial charge in [0.2, 0.25) is 0 Å². The van der Waals surface area contributed by atoms with E-state index in [1.807, 2.05) is 0 Å². The second kappa shape index (κ2) is 3.03. The van der Waals surface area contributed by atoms with Crippen LogP contribution in [-0.4, -0.2) is 36.4 Å². The average molecular weight is 171 g/mol. The molecule has 0 saturated carbocycles. The molecule has 0 bridgehead atoms. The second-order valence-electron chi connectivity index (χ2n) is 3.44. The Kier molecular flexibility index (Phi) is 2.02. The van der Waals surface area contributed by atoms with E-state index in [-0.39, 0.29) is 6.10 Å². The first-order valence-electron chi connectivity index (χ1n) is 4.37. The summed E-state index contributed by atoms with van der Waals surface area (Å²) in [4.78, 5) is 10.8. The van der Waals surface area contributed by atoms with Crippen molar-refractivity contribution < 1.29 is 14.6 Å². The van der Waals surface area contributed by atoms with Crippen molar-refractivity contribution in [3.8, 4) is 0 Å². The molecule has 3 unspecified atom stereocenters. The van der Waals surface area contributed by atoms with E-state index in [2.05, 4.69) is 5.32 Å². The Morgan fingerprint density at radius 1 is 1.50 bits per heavy atom. The number of hydrogen-bond donors (Lipinski definition) is 2. The van der Waals surface area contributed by atoms with Gasteiger partial charge in [-0.2, -0.15) is 0 Å². The van der Waals surface area contributed by atoms with Gasteiger partial charge in [0.15, 0.2) is 0 Å². The summed E-state index contributed by atoms with van der Waals surface area (Å²) in [6.45, 7) is 1.53. The highest BCUT2D eigenvalue weighted by molar-refractivity contribution is 5.74. The molecule has 68 valence electrons. The third-order valence-electron chi connectivity index (χ3n) is 2.74. The molecule has 12 heavy (non-hydrogen) atoms. The quantitative estimate of drug-likeness (QED) is 0.575. The summed E-state index contributed by atoms with van der Waals surface area (Å²) in [5.41, 5.74) is 0. The Hall–Kier alpha value is -0.610. The summed E-state index contributed by atoms with van der Waals surface area (Å²) in [7, 11) is 0. The third-order valence-corrected chi connectivity index (χ3v) is 2.74. The van der Waals surface area contributed by atoms with Crippen LogP contribution in [0.4, 0.5) is 0 Å². The van der Waals surface area contributed by atoms with Crippen molar-refractivity contribution in [1.82, 2.24) is 5.32 Å². The molecule has 4 heteroatoms. The molecule has 0 aliphatic carbocycles. The lowest BCUT2D eigenvalue weighted by Gasteiger charge is -2.30. The van der Waals surface area contributed by atoms with Crippen LogP contribution in [0.3, 0.4) is 0 Å². The van der Waals surface area contributed by atoms with Crippen molar-refractivity contribution in [3.05, 3.63) is 0 Å². The van der Waals surface area contributed by atoms with E-state index in [4.69, 9.17) is 9.84 Å². The maximum Gasteiger partial charge on any atom is 0.323 e. The molecule has 0 radical (unpaired) electrons. The van der Waals surface area contributed by atoms with E-state index in [9.17, 15) is 4.79 Å². The Labute approximate surface area is 70.9 Å². The zero-order chi connectivity index (χ0) is 8.55. The van der Waals surface area contributed by atoms with Gasteiger partial charge in [-0.25, -0.2) is 0 Å². The molecule has 4 nitrogen and oxygen atoms in total. The normalized spacial score (nSPS) is 40.8. The van der Waals surface area contributed by atoms with Gasteiger partial charge in [-0.15, -0.1) is 0 Å². The summed E-state index contributed by atoms with van der Waals surface area (Å²) in [6.07, 6.45) is 1.99. The first kappa shape index (κ1) is 8.01. The van der Waals surface area contributed by atoms with E-state index in [1.165, 1.54) is 0 Å². The molecule has 3 atom stereocenters. The molecule has 0 aromatic heterocycles. The molecular formula is C8H13NO3. The van der Waals surface area contributed by atoms with Crippen molar-refractivity contribution in [2.75, 3.05) is 13.2 Å². The van der Waals surface area contributed by atoms with Crippen LogP contribution >= 0.6 is 0 Å². The number of carboxylic acid groups (broad SMARTS) is 1. The first-order valence-corrected chi connectivity index (χ1v) is 4.37. The number of piperidine rings is 1. The molecule has 0 aromatic rings. The molecule has 0 aromatic carbocycles. The zero-order valence-corrected chi connectivity index (χ0v) is 6.82. The van der Waals surface area contributed by atoms with Crippen molar-refractivity contribution in [2.45, 2.75) is 25.0 Å². The maximum absolute atomic E-state index is 10.8. The number of carboxylic acids is 1. The Bertz CT molecular complexity index is 195. The summed E-state index contributed by atoms with van der Waals surface area (Å²) in [6, 6.07) is -0.480. The minimum absolute atomic E-state index is 0.0868. The number of ether oxygens (including phenoxy) is 1. The molecule has 2 aliphatic heterocycles. The van der Waals surface area contributed by atoms with Crippen LogP contribution < -0.4 is 5.32 Å². The average Bonchev–Trinajstić information content (AvgIpc) is 2.49. The fourth-order valence-electron chi connectivity index (χ4n) is 2.10. The van der Waals surface area contributed by atoms with Crippen LogP contribution in [0, 0.1) is 5.92 Å². The van der Waals surface area contributed by atoms with Crippen LogP contribution in [0.25, 0.3) is 0 Å². The number of nitrogens with one attached hydrogen (secondary N) is 1. The van der Waals surface area contributed by atoms with Crippen LogP contribution in [0.5, 0.6) is 0 Å². The minimum atomic E-state index is -0.786. The number of hydrogen-bond acceptors (Lipinski definition) is 3. The van der Waals surface area contributed by atoms with Gasteiger partial charge in [-0.05, 0) is 25.3 Å². The highest BCUT2D eigenvalue weighted by Gasteiger charge is 2.41. The van der Waals surface area contributed by atoms with E-state index in [1.54, 1.807) is 0 Å². The molecule has 2 fully saturated rings. The van der Waals surface area contributed by atoms with E-state index in [0.717, 1.165) is 26.0 Å². The van der Waals surface area contributed by atoms with Crippen molar-refractivity contribution in [1.29, 1.82) is 0 Å². The van der Waals surface area contributed by atoms with Gasteiger partial charge < -0.3 is 15.2 Å². The molecule has 0 spiro atoms. The second-order valence-corrected chi connectivity index (χ2v) is 3.44. The van der Waals surface area contributed by atoms with Crippen LogP contribution in [0.15, 0.2) is 0 Å². The largest absolute Gasteiger partial charge is 0.480 e. The lowest BCUT2D eigenvalue weighted by Crippen LogP contribution is -2.52. The van der Waals surface area contributed by atoms with Gasteiger partial charge in [-0.3, -0.25) is 4.79 Å². The fraction of sp³-hybridized carbons (Fsp3) is 0.875. The van der Waals surface area contributed by atoms with Gasteiger partial charge in [0.25, 0.3) is 0 Å². The van der Waals surface area contributed by atoms with E-state index >= 15 is 0 Å². The monoisotopic (exact) mass is 171 g/mol. The van der Waals surface area contributed by atoms with Gasteiger partial charge in [0.05, 0.1) is 6.10 Å². The lowest BCUT2D eigenvalue weighted by molar-refractivity contribution is -0.144. The van der Waals surface area contributed by atoms with Crippen LogP contribution in [-0.2, 0) is 9.53 Å². The zero-order valence-electron chi connectivity index (χ0n) is 6.82. The summed E-state index contributed by atoms with van der Waals surface area (Å²) in [5, 5.41) is 11.8. The smallest absolute Gasteiger partial charge is 0.323 e. The van der Waals surface area contributed by atoms with Gasteiger partial charge in [0, 0.05) is 6.61 Å². The van der Waals surface area contributed by atoms with E-state index < -0.39 is 12.0 Å². The molecule has 2 aliphatic rings. The molecule has 0 amide bonds. The SMILES string of the molecule is O=C(O)C1NCCC2CCOC21. The van der Waals surface area contributed by atoms with Crippen LogP contribution in [0.2, 0.25) is 0 Å². The molecule has 2 rings (SSSR count). The summed E-state index contributed by atoms with van der Waals surface area (Å²) in [5.74, 6) is -0.320. The predicted octanol–water partition coefficient (Wildman–Crippen LogP) is -0.162. The molecule has 2 saturated heterocycles. The van der Waals surface area contributed by atoms with Gasteiger partial charge in [0.1, 0.15) is 6.04 Å². The standard InChI is InChI=1S/C8H13NO3/c10-8(11)6-7-5(1-3-9-6)2-4-12-7/h5-7,9H,1-4H2,(H,10,11). The third kappa shape index (κ3) is 1.21. The van der Waals surface area contributed by atoms with E-state index in [0.29, 0.717) is 5.92 Å². The highest BCUT2D eigenvalue weighted by atomic mass is 16.5. The van der Waals surface area contributed by atoms with Crippen molar-refractivity contribution in [3.63, 3.8) is 0 Å². The maximum atomic E-state index is 10.8. The Morgan fingerprint density at radius 3 is 3.08 bits per heavy atom. The number of aliphatic carboxylic acids is 1. The summed E-state index contributed by atoms with van der Waals surface area (Å²) < 4.78 is 5.39. The highest BCUT2D eigenvalue weighted by Crippen LogP contribution is 2.29. The lowest BCUT2D eigenvalue weighted by atomic mass is 9.89. The fourth-order valence-corrected chi connectivity index (χ4v) is 2.10. The summed E-state index contributed by atoms with van der Waals surface area (Å²) >= 11 is 0. The number of fused-ring (bicyclic) bond motifs is 1. The molecular weight excluding hydrogens is 158 g/mol. The van der Waals surface area contributed by atoms with Crippen molar-refractivity contribution in [2.24, 2.45) is 5.92 Å². The number of rotatable bonds is 1. The first-order chi connectivity index (χ1) is 5.79. The Balaban J connectivity index is 2.08. The minimum Gasteiger partial charge on any atom is -0.480 e.